The number of aryl methyl sites for hydroxylation is 1. The molecule has 0 atom stereocenters. The van der Waals surface area contributed by atoms with E-state index in [0.29, 0.717) is 0 Å². The number of hydrogen-bond acceptors (Lipinski definition) is 1. The van der Waals surface area contributed by atoms with Crippen LogP contribution in [0.1, 0.15) is 10.6 Å². The molecule has 2 heteroatoms. The van der Waals surface area contributed by atoms with E-state index in [-0.39, 0.29) is 6.61 Å². The van der Waals surface area contributed by atoms with Crippen LogP contribution in [-0.2, 0) is 6.61 Å². The van der Waals surface area contributed by atoms with Crippen molar-refractivity contribution in [1.82, 2.24) is 0 Å². The minimum absolute atomic E-state index is 0.184. The fraction of sp³-hybridized carbons (Fsp3) is 0.286. The molecule has 0 amide bonds. The molecule has 1 aromatic heterocycles. The highest BCUT2D eigenvalue weighted by molar-refractivity contribution is 7.31. The van der Waals surface area contributed by atoms with Crippen LogP contribution in [0.15, 0.2) is 18.2 Å². The summed E-state index contributed by atoms with van der Waals surface area (Å²) in [5, 5.41) is 11.1. The average molecular weight is 140 g/mol. The molecule has 1 nitrogen and oxygen atoms in total. The smallest absolute Gasteiger partial charge is 0.0724 e. The number of hydrogen-bond donors (Lipinski definition) is 1. The Labute approximate surface area is 56.5 Å². The standard InChI is InChI=1S/C7H9OP/c1-6-3-2-4-7(5-8)9-6/h2-4,8H,5H2,1H3. The van der Waals surface area contributed by atoms with E-state index in [1.54, 1.807) is 0 Å². The van der Waals surface area contributed by atoms with Gasteiger partial charge in [0.05, 0.1) is 6.61 Å². The van der Waals surface area contributed by atoms with Crippen LogP contribution in [0.3, 0.4) is 0 Å². The summed E-state index contributed by atoms with van der Waals surface area (Å²) < 4.78 is 0. The van der Waals surface area contributed by atoms with Crippen molar-refractivity contribution < 1.29 is 5.11 Å². The summed E-state index contributed by atoms with van der Waals surface area (Å²) in [4.78, 5) is 0. The molecule has 9 heavy (non-hydrogen) atoms. The topological polar surface area (TPSA) is 20.2 Å². The van der Waals surface area contributed by atoms with Gasteiger partial charge in [-0.05, 0) is 12.2 Å². The lowest BCUT2D eigenvalue weighted by Gasteiger charge is -1.93. The van der Waals surface area contributed by atoms with Gasteiger partial charge in [-0.25, -0.2) is 0 Å². The Morgan fingerprint density at radius 3 is 2.78 bits per heavy atom. The molecular formula is C7H9OP. The molecule has 0 aromatic carbocycles. The molecule has 0 aliphatic carbocycles. The van der Waals surface area contributed by atoms with Gasteiger partial charge in [-0.3, -0.25) is 0 Å². The van der Waals surface area contributed by atoms with E-state index in [1.165, 1.54) is 13.5 Å². The van der Waals surface area contributed by atoms with Crippen molar-refractivity contribution in [2.45, 2.75) is 13.5 Å². The summed E-state index contributed by atoms with van der Waals surface area (Å²) in [5.74, 6) is 0. The van der Waals surface area contributed by atoms with E-state index in [0.717, 1.165) is 5.30 Å². The lowest BCUT2D eigenvalue weighted by atomic mass is 10.4. The van der Waals surface area contributed by atoms with Crippen molar-refractivity contribution in [3.05, 3.63) is 28.8 Å². The Morgan fingerprint density at radius 1 is 1.56 bits per heavy atom. The number of rotatable bonds is 1. The zero-order chi connectivity index (χ0) is 6.69. The molecule has 0 spiro atoms. The van der Waals surface area contributed by atoms with E-state index in [9.17, 15) is 0 Å². The molecule has 48 valence electrons. The third kappa shape index (κ3) is 1.78. The summed E-state index contributed by atoms with van der Waals surface area (Å²) in [6.45, 7) is 2.24. The lowest BCUT2D eigenvalue weighted by molar-refractivity contribution is 0.285. The van der Waals surface area contributed by atoms with E-state index in [1.807, 2.05) is 12.1 Å². The Kier molecular flexibility index (Phi) is 2.21. The van der Waals surface area contributed by atoms with Crippen LogP contribution < -0.4 is 0 Å². The molecule has 1 N–H and O–H groups in total. The van der Waals surface area contributed by atoms with Crippen molar-refractivity contribution in [2.24, 2.45) is 0 Å². The maximum atomic E-state index is 8.69. The molecule has 0 aliphatic rings. The first-order valence-electron chi connectivity index (χ1n) is 2.86. The number of aliphatic hydroxyl groups is 1. The molecular weight excluding hydrogens is 131 g/mol. The highest BCUT2D eigenvalue weighted by atomic mass is 31.0. The fourth-order valence-electron chi connectivity index (χ4n) is 0.688. The van der Waals surface area contributed by atoms with Gasteiger partial charge in [0.25, 0.3) is 0 Å². The minimum Gasteiger partial charge on any atom is -0.391 e. The van der Waals surface area contributed by atoms with Gasteiger partial charge in [0.15, 0.2) is 0 Å². The summed E-state index contributed by atoms with van der Waals surface area (Å²) in [5.41, 5.74) is 0. The summed E-state index contributed by atoms with van der Waals surface area (Å²) in [6, 6.07) is 5.98. The van der Waals surface area contributed by atoms with Gasteiger partial charge >= 0.3 is 0 Å². The molecule has 0 unspecified atom stereocenters. The van der Waals surface area contributed by atoms with Gasteiger partial charge in [0.1, 0.15) is 0 Å². The SMILES string of the molecule is Cc1cccc(CO)p1. The van der Waals surface area contributed by atoms with Crippen molar-refractivity contribution in [1.29, 1.82) is 0 Å². The Hall–Kier alpha value is -0.390. The summed E-state index contributed by atoms with van der Waals surface area (Å²) in [6.07, 6.45) is 0. The minimum atomic E-state index is 0.184. The Balaban J connectivity index is 2.94. The first-order chi connectivity index (χ1) is 4.33. The Bertz CT molecular complexity index is 198. The quantitative estimate of drug-likeness (QED) is 0.633. The predicted molar refractivity (Wildman–Crippen MR) is 39.6 cm³/mol. The average Bonchev–Trinajstić information content (AvgIpc) is 1.88. The molecule has 1 rings (SSSR count). The normalized spacial score (nSPS) is 10.4. The van der Waals surface area contributed by atoms with E-state index >= 15 is 0 Å². The van der Waals surface area contributed by atoms with Gasteiger partial charge in [-0.2, -0.15) is 0 Å². The molecule has 0 saturated carbocycles. The summed E-state index contributed by atoms with van der Waals surface area (Å²) >= 11 is 0. The zero-order valence-corrected chi connectivity index (χ0v) is 6.23. The molecule has 0 bridgehead atoms. The maximum Gasteiger partial charge on any atom is 0.0724 e. The van der Waals surface area contributed by atoms with Crippen LogP contribution in [-0.4, -0.2) is 5.11 Å². The van der Waals surface area contributed by atoms with Crippen LogP contribution in [0.25, 0.3) is 0 Å². The van der Waals surface area contributed by atoms with E-state index in [4.69, 9.17) is 5.11 Å². The first kappa shape index (κ1) is 6.73. The highest BCUT2D eigenvalue weighted by Crippen LogP contribution is 2.17. The second-order valence-corrected chi connectivity index (χ2v) is 3.43. The van der Waals surface area contributed by atoms with Crippen LogP contribution in [0, 0.1) is 6.92 Å². The van der Waals surface area contributed by atoms with Crippen molar-refractivity contribution in [3.63, 3.8) is 0 Å². The van der Waals surface area contributed by atoms with Gasteiger partial charge in [0, 0.05) is 5.30 Å². The van der Waals surface area contributed by atoms with Crippen LogP contribution in [0.2, 0.25) is 0 Å². The van der Waals surface area contributed by atoms with Crippen LogP contribution >= 0.6 is 8.19 Å². The second kappa shape index (κ2) is 2.95. The fourth-order valence-corrected chi connectivity index (χ4v) is 1.53. The third-order valence-electron chi connectivity index (χ3n) is 1.11. The second-order valence-electron chi connectivity index (χ2n) is 1.93. The molecule has 0 aliphatic heterocycles. The van der Waals surface area contributed by atoms with Crippen molar-refractivity contribution in [2.75, 3.05) is 0 Å². The zero-order valence-electron chi connectivity index (χ0n) is 5.33. The molecule has 0 radical (unpaired) electrons. The predicted octanol–water partition coefficient (Wildman–Crippen LogP) is 2.07. The lowest BCUT2D eigenvalue weighted by Crippen LogP contribution is -1.75. The first-order valence-corrected chi connectivity index (χ1v) is 3.76. The number of aliphatic hydroxyl groups excluding tert-OH is 1. The molecule has 1 aromatic rings. The van der Waals surface area contributed by atoms with Crippen LogP contribution in [0.5, 0.6) is 0 Å². The van der Waals surface area contributed by atoms with Crippen molar-refractivity contribution >= 4 is 8.19 Å². The van der Waals surface area contributed by atoms with Gasteiger partial charge in [-0.15, -0.1) is 0 Å². The molecule has 1 heterocycles. The third-order valence-corrected chi connectivity index (χ3v) is 2.19. The van der Waals surface area contributed by atoms with Crippen LogP contribution in [0.4, 0.5) is 0 Å². The van der Waals surface area contributed by atoms with E-state index in [2.05, 4.69) is 13.0 Å². The van der Waals surface area contributed by atoms with Gasteiger partial charge in [-0.1, -0.05) is 26.4 Å². The highest BCUT2D eigenvalue weighted by Gasteiger charge is 1.87. The maximum absolute atomic E-state index is 8.69. The Morgan fingerprint density at radius 2 is 2.33 bits per heavy atom. The molecule has 0 saturated heterocycles. The van der Waals surface area contributed by atoms with E-state index < -0.39 is 0 Å². The van der Waals surface area contributed by atoms with Gasteiger partial charge in [0.2, 0.25) is 0 Å². The van der Waals surface area contributed by atoms with Gasteiger partial charge < -0.3 is 5.11 Å². The largest absolute Gasteiger partial charge is 0.391 e. The monoisotopic (exact) mass is 140 g/mol. The molecule has 0 fully saturated rings. The van der Waals surface area contributed by atoms with Crippen molar-refractivity contribution in [3.8, 4) is 0 Å². The summed E-state index contributed by atoms with van der Waals surface area (Å²) in [7, 11) is 1.17.